The molecule has 0 fully saturated rings. The van der Waals surface area contributed by atoms with Gasteiger partial charge in [0.25, 0.3) is 0 Å². The summed E-state index contributed by atoms with van der Waals surface area (Å²) in [5.74, 6) is -0.179. The number of aromatic nitrogens is 1. The summed E-state index contributed by atoms with van der Waals surface area (Å²) < 4.78 is 10.8. The average molecular weight is 451 g/mol. The van der Waals surface area contributed by atoms with Gasteiger partial charge in [0.1, 0.15) is 5.69 Å². The number of carbonyl (C=O) groups excluding carboxylic acids is 2. The molecular weight excluding hydrogens is 432 g/mol. The van der Waals surface area contributed by atoms with E-state index in [9.17, 15) is 9.59 Å². The fourth-order valence-corrected chi connectivity index (χ4v) is 3.49. The van der Waals surface area contributed by atoms with Crippen molar-refractivity contribution in [3.63, 3.8) is 0 Å². The molecule has 0 saturated heterocycles. The third-order valence-electron chi connectivity index (χ3n) is 4.89. The zero-order valence-corrected chi connectivity index (χ0v) is 17.8. The predicted molar refractivity (Wildman–Crippen MR) is 122 cm³/mol. The number of nitrogens with one attached hydrogen (secondary N) is 2. The van der Waals surface area contributed by atoms with Crippen molar-refractivity contribution in [2.45, 2.75) is 6.54 Å². The zero-order valence-electron chi connectivity index (χ0n) is 17.0. The molecule has 4 N–H and O–H groups in total. The maximum atomic E-state index is 12.3. The van der Waals surface area contributed by atoms with Crippen molar-refractivity contribution in [2.75, 3.05) is 12.4 Å². The van der Waals surface area contributed by atoms with Gasteiger partial charge in [0.15, 0.2) is 5.75 Å². The number of halogens is 1. The molecule has 3 amide bonds. The van der Waals surface area contributed by atoms with Crippen molar-refractivity contribution in [1.29, 1.82) is 0 Å². The Morgan fingerprint density at radius 3 is 2.56 bits per heavy atom. The Hall–Kier alpha value is -4.04. The van der Waals surface area contributed by atoms with Crippen molar-refractivity contribution in [1.82, 2.24) is 10.5 Å². The number of hydrogen-bond donors (Lipinski definition) is 3. The molecule has 4 rings (SSSR count). The molecule has 32 heavy (non-hydrogen) atoms. The van der Waals surface area contributed by atoms with E-state index in [1.807, 2.05) is 24.3 Å². The molecule has 4 aromatic rings. The summed E-state index contributed by atoms with van der Waals surface area (Å²) >= 11 is 5.87. The number of nitrogens with zero attached hydrogens (tertiary/aromatic N) is 1. The van der Waals surface area contributed by atoms with E-state index in [1.165, 1.54) is 7.11 Å². The average Bonchev–Trinajstić information content (AvgIpc) is 3.23. The molecule has 0 saturated carbocycles. The Morgan fingerprint density at radius 1 is 1.09 bits per heavy atom. The molecule has 0 radical (unpaired) electrons. The molecule has 9 heteroatoms. The fourth-order valence-electron chi connectivity index (χ4n) is 3.37. The van der Waals surface area contributed by atoms with Crippen LogP contribution in [0.15, 0.2) is 65.2 Å². The second-order valence-electron chi connectivity index (χ2n) is 6.89. The van der Waals surface area contributed by atoms with Crippen molar-refractivity contribution in [3.8, 4) is 17.0 Å². The highest BCUT2D eigenvalue weighted by Gasteiger charge is 2.22. The van der Waals surface area contributed by atoms with Crippen LogP contribution in [0.2, 0.25) is 5.02 Å². The first-order valence-corrected chi connectivity index (χ1v) is 10.0. The van der Waals surface area contributed by atoms with Crippen LogP contribution in [0.5, 0.6) is 5.75 Å². The number of carbonyl (C=O) groups is 2. The van der Waals surface area contributed by atoms with Crippen molar-refractivity contribution in [2.24, 2.45) is 5.73 Å². The first-order valence-electron chi connectivity index (χ1n) is 9.63. The lowest BCUT2D eigenvalue weighted by Gasteiger charge is -2.11. The topological polar surface area (TPSA) is 119 Å². The van der Waals surface area contributed by atoms with Crippen LogP contribution in [0.25, 0.3) is 22.2 Å². The first kappa shape index (κ1) is 21.2. The molecule has 1 heterocycles. The fraction of sp³-hybridized carbons (Fsp3) is 0.0870. The van der Waals surface area contributed by atoms with Crippen LogP contribution in [0, 0.1) is 0 Å². The summed E-state index contributed by atoms with van der Waals surface area (Å²) in [5, 5.41) is 10.8. The summed E-state index contributed by atoms with van der Waals surface area (Å²) in [7, 11) is 1.50. The van der Waals surface area contributed by atoms with Gasteiger partial charge in [0.2, 0.25) is 11.5 Å². The number of fused-ring (bicyclic) bond motifs is 1. The number of amides is 3. The van der Waals surface area contributed by atoms with E-state index < -0.39 is 5.91 Å². The number of ether oxygens (including phenoxy) is 1. The number of primary amides is 1. The molecule has 1 aromatic heterocycles. The molecular formula is C23H19ClN4O4. The summed E-state index contributed by atoms with van der Waals surface area (Å²) in [6, 6.07) is 16.9. The van der Waals surface area contributed by atoms with Crippen LogP contribution in [0.1, 0.15) is 15.9 Å². The predicted octanol–water partition coefficient (Wildman–Crippen LogP) is 4.58. The smallest absolute Gasteiger partial charge is 0.319 e. The van der Waals surface area contributed by atoms with Gasteiger partial charge < -0.3 is 25.6 Å². The van der Waals surface area contributed by atoms with Gasteiger partial charge in [-0.05, 0) is 42.0 Å². The lowest BCUT2D eigenvalue weighted by molar-refractivity contribution is 0.100. The Morgan fingerprint density at radius 2 is 1.84 bits per heavy atom. The number of hydrogen-bond acceptors (Lipinski definition) is 5. The maximum Gasteiger partial charge on any atom is 0.319 e. The van der Waals surface area contributed by atoms with E-state index in [0.717, 1.165) is 5.56 Å². The van der Waals surface area contributed by atoms with Crippen LogP contribution >= 0.6 is 11.6 Å². The Balaban J connectivity index is 1.64. The quantitative estimate of drug-likeness (QED) is 0.397. The molecule has 162 valence electrons. The highest BCUT2D eigenvalue weighted by molar-refractivity contribution is 6.30. The minimum atomic E-state index is -0.611. The third kappa shape index (κ3) is 4.21. The minimum absolute atomic E-state index is 0.208. The minimum Gasteiger partial charge on any atom is -0.493 e. The lowest BCUT2D eigenvalue weighted by atomic mass is 9.98. The van der Waals surface area contributed by atoms with Gasteiger partial charge in [0, 0.05) is 22.8 Å². The second kappa shape index (κ2) is 8.99. The molecule has 0 aliphatic carbocycles. The number of nitrogens with two attached hydrogens (primary N) is 1. The van der Waals surface area contributed by atoms with Gasteiger partial charge >= 0.3 is 6.03 Å². The number of urea groups is 1. The molecule has 0 bridgehead atoms. The summed E-state index contributed by atoms with van der Waals surface area (Å²) in [6.45, 7) is 0.208. The van der Waals surface area contributed by atoms with E-state index in [2.05, 4.69) is 15.8 Å². The SMILES string of the molecule is COc1ccc(C(N)=O)c2c(-c3ccccc3CNC(=O)Nc3ccc(Cl)cc3)noc12. The summed E-state index contributed by atoms with van der Waals surface area (Å²) in [5.41, 5.74) is 8.66. The molecule has 0 aliphatic heterocycles. The third-order valence-corrected chi connectivity index (χ3v) is 5.14. The highest BCUT2D eigenvalue weighted by Crippen LogP contribution is 2.37. The van der Waals surface area contributed by atoms with E-state index in [-0.39, 0.29) is 18.1 Å². The monoisotopic (exact) mass is 450 g/mol. The van der Waals surface area contributed by atoms with Crippen molar-refractivity contribution < 1.29 is 18.8 Å². The van der Waals surface area contributed by atoms with E-state index in [4.69, 9.17) is 26.6 Å². The number of benzene rings is 3. The van der Waals surface area contributed by atoms with E-state index in [0.29, 0.717) is 38.7 Å². The van der Waals surface area contributed by atoms with Gasteiger partial charge in [-0.25, -0.2) is 4.79 Å². The largest absolute Gasteiger partial charge is 0.493 e. The standard InChI is InChI=1S/C23H19ClN4O4/c1-31-18-11-10-17(22(25)29)19-20(28-32-21(18)19)16-5-3-2-4-13(16)12-26-23(30)27-15-8-6-14(24)7-9-15/h2-11H,12H2,1H3,(H2,25,29)(H2,26,27,30). The molecule has 0 aliphatic rings. The maximum absolute atomic E-state index is 12.3. The van der Waals surface area contributed by atoms with Gasteiger partial charge in [-0.2, -0.15) is 0 Å². The number of rotatable bonds is 6. The van der Waals surface area contributed by atoms with Gasteiger partial charge in [0.05, 0.1) is 18.1 Å². The zero-order chi connectivity index (χ0) is 22.7. The molecule has 3 aromatic carbocycles. The Bertz CT molecular complexity index is 1300. The molecule has 0 atom stereocenters. The van der Waals surface area contributed by atoms with Crippen LogP contribution in [0.3, 0.4) is 0 Å². The van der Waals surface area contributed by atoms with Crippen molar-refractivity contribution in [3.05, 3.63) is 76.8 Å². The Kier molecular flexibility index (Phi) is 5.96. The lowest BCUT2D eigenvalue weighted by Crippen LogP contribution is -2.28. The Labute approximate surface area is 188 Å². The summed E-state index contributed by atoms with van der Waals surface area (Å²) in [6.07, 6.45) is 0. The van der Waals surface area contributed by atoms with Gasteiger partial charge in [-0.1, -0.05) is 41.0 Å². The van der Waals surface area contributed by atoms with E-state index in [1.54, 1.807) is 36.4 Å². The van der Waals surface area contributed by atoms with Crippen molar-refractivity contribution >= 4 is 40.2 Å². The molecule has 8 nitrogen and oxygen atoms in total. The highest BCUT2D eigenvalue weighted by atomic mass is 35.5. The number of anilines is 1. The number of methoxy groups -OCH3 is 1. The van der Waals surface area contributed by atoms with Gasteiger partial charge in [-0.3, -0.25) is 4.79 Å². The summed E-state index contributed by atoms with van der Waals surface area (Å²) in [4.78, 5) is 24.4. The van der Waals surface area contributed by atoms with Crippen LogP contribution in [-0.2, 0) is 6.54 Å². The van der Waals surface area contributed by atoms with Gasteiger partial charge in [-0.15, -0.1) is 0 Å². The van der Waals surface area contributed by atoms with Crippen LogP contribution in [-0.4, -0.2) is 24.2 Å². The first-order chi connectivity index (χ1) is 15.5. The van der Waals surface area contributed by atoms with Crippen LogP contribution < -0.4 is 21.1 Å². The second-order valence-corrected chi connectivity index (χ2v) is 7.32. The normalized spacial score (nSPS) is 10.7. The molecule has 0 spiro atoms. The van der Waals surface area contributed by atoms with E-state index >= 15 is 0 Å². The molecule has 0 unspecified atom stereocenters. The van der Waals surface area contributed by atoms with Crippen LogP contribution in [0.4, 0.5) is 10.5 Å².